The van der Waals surface area contributed by atoms with E-state index in [0.29, 0.717) is 12.1 Å². The molecular weight excluding hydrogens is 368 g/mol. The van der Waals surface area contributed by atoms with E-state index in [1.807, 2.05) is 36.4 Å². The largest absolute Gasteiger partial charge is 0.370 e. The Labute approximate surface area is 163 Å². The van der Waals surface area contributed by atoms with E-state index in [-0.39, 0.29) is 5.91 Å². The molecule has 0 radical (unpaired) electrons. The number of hydrogen-bond donors (Lipinski definition) is 2. The lowest BCUT2D eigenvalue weighted by molar-refractivity contribution is -0.921. The third kappa shape index (κ3) is 6.02. The summed E-state index contributed by atoms with van der Waals surface area (Å²) >= 11 is 7.58. The van der Waals surface area contributed by atoms with Crippen molar-refractivity contribution in [2.24, 2.45) is 0 Å². The van der Waals surface area contributed by atoms with Gasteiger partial charge in [-0.05, 0) is 36.4 Å². The predicted molar refractivity (Wildman–Crippen MR) is 106 cm³/mol. The van der Waals surface area contributed by atoms with Crippen LogP contribution in [0.3, 0.4) is 0 Å². The van der Waals surface area contributed by atoms with Gasteiger partial charge in [0, 0.05) is 33.3 Å². The summed E-state index contributed by atoms with van der Waals surface area (Å²) in [6, 6.07) is 15.7. The molecule has 1 heterocycles. The number of rotatable bonds is 7. The molecule has 0 saturated carbocycles. The van der Waals surface area contributed by atoms with E-state index in [4.69, 9.17) is 16.3 Å². The van der Waals surface area contributed by atoms with Crippen molar-refractivity contribution in [3.63, 3.8) is 0 Å². The third-order valence-corrected chi connectivity index (χ3v) is 5.61. The molecule has 2 aromatic carbocycles. The highest BCUT2D eigenvalue weighted by atomic mass is 35.5. The van der Waals surface area contributed by atoms with Crippen molar-refractivity contribution in [3.8, 4) is 0 Å². The first-order valence-electron chi connectivity index (χ1n) is 8.87. The van der Waals surface area contributed by atoms with Crippen LogP contribution in [0.25, 0.3) is 0 Å². The van der Waals surface area contributed by atoms with Gasteiger partial charge in [0.25, 0.3) is 5.91 Å². The summed E-state index contributed by atoms with van der Waals surface area (Å²) in [6.45, 7) is 5.39. The lowest BCUT2D eigenvalue weighted by Gasteiger charge is -2.23. The van der Waals surface area contributed by atoms with E-state index in [2.05, 4.69) is 17.4 Å². The molecule has 6 heteroatoms. The number of nitrogens with one attached hydrogen (secondary N) is 2. The topological polar surface area (TPSA) is 42.8 Å². The lowest BCUT2D eigenvalue weighted by atomic mass is 10.1. The molecule has 1 amide bonds. The molecular formula is C20H24ClN2O2S+. The van der Waals surface area contributed by atoms with Gasteiger partial charge in [0.2, 0.25) is 0 Å². The van der Waals surface area contributed by atoms with Gasteiger partial charge in [-0.3, -0.25) is 4.79 Å². The highest BCUT2D eigenvalue weighted by Gasteiger charge is 2.14. The fourth-order valence-electron chi connectivity index (χ4n) is 2.87. The molecule has 0 aliphatic carbocycles. The lowest BCUT2D eigenvalue weighted by Crippen LogP contribution is -3.12. The van der Waals surface area contributed by atoms with Gasteiger partial charge >= 0.3 is 0 Å². The summed E-state index contributed by atoms with van der Waals surface area (Å²) in [7, 11) is 0. The first-order valence-corrected chi connectivity index (χ1v) is 10.2. The fourth-order valence-corrected chi connectivity index (χ4v) is 3.76. The number of ether oxygens (including phenoxy) is 1. The van der Waals surface area contributed by atoms with Gasteiger partial charge in [-0.2, -0.15) is 0 Å². The van der Waals surface area contributed by atoms with E-state index < -0.39 is 0 Å². The van der Waals surface area contributed by atoms with Gasteiger partial charge in [0.15, 0.2) is 0 Å². The Bertz CT molecular complexity index is 701. The van der Waals surface area contributed by atoms with Crippen LogP contribution in [-0.2, 0) is 11.3 Å². The summed E-state index contributed by atoms with van der Waals surface area (Å²) in [5.41, 5.74) is 1.97. The van der Waals surface area contributed by atoms with Crippen molar-refractivity contribution in [2.45, 2.75) is 11.4 Å². The van der Waals surface area contributed by atoms with Crippen LogP contribution in [0.5, 0.6) is 0 Å². The monoisotopic (exact) mass is 391 g/mol. The molecule has 0 atom stereocenters. The normalized spacial score (nSPS) is 15.0. The van der Waals surface area contributed by atoms with Crippen LogP contribution >= 0.6 is 23.4 Å². The van der Waals surface area contributed by atoms with Crippen molar-refractivity contribution in [1.29, 1.82) is 0 Å². The van der Waals surface area contributed by atoms with E-state index in [1.165, 1.54) is 10.5 Å². The number of amides is 1. The van der Waals surface area contributed by atoms with Gasteiger partial charge in [0.1, 0.15) is 19.6 Å². The Morgan fingerprint density at radius 1 is 1.08 bits per heavy atom. The second kappa shape index (κ2) is 9.97. The zero-order valence-corrected chi connectivity index (χ0v) is 16.2. The highest BCUT2D eigenvalue weighted by Crippen LogP contribution is 2.19. The summed E-state index contributed by atoms with van der Waals surface area (Å²) < 4.78 is 5.39. The van der Waals surface area contributed by atoms with Crippen LogP contribution < -0.4 is 10.2 Å². The first-order chi connectivity index (χ1) is 12.7. The molecule has 3 rings (SSSR count). The predicted octanol–water partition coefficient (Wildman–Crippen LogP) is 2.28. The van der Waals surface area contributed by atoms with Crippen LogP contribution in [0.15, 0.2) is 53.4 Å². The Balaban J connectivity index is 1.40. The number of morpholine rings is 1. The molecule has 0 bridgehead atoms. The number of hydrogen-bond acceptors (Lipinski definition) is 3. The van der Waals surface area contributed by atoms with Crippen molar-refractivity contribution < 1.29 is 14.4 Å². The summed E-state index contributed by atoms with van der Waals surface area (Å²) in [5.74, 6) is 0.804. The summed E-state index contributed by atoms with van der Waals surface area (Å²) in [5, 5.41) is 3.71. The molecule has 0 spiro atoms. The Hall–Kier alpha value is -1.53. The van der Waals surface area contributed by atoms with Crippen LogP contribution in [0, 0.1) is 0 Å². The van der Waals surface area contributed by atoms with Crippen LogP contribution in [0.2, 0.25) is 5.02 Å². The van der Waals surface area contributed by atoms with E-state index in [1.54, 1.807) is 11.8 Å². The number of thioether (sulfide) groups is 1. The molecule has 2 N–H and O–H groups in total. The molecule has 26 heavy (non-hydrogen) atoms. The van der Waals surface area contributed by atoms with Gasteiger partial charge in [-0.1, -0.05) is 23.7 Å². The average molecular weight is 392 g/mol. The number of benzene rings is 2. The first kappa shape index (κ1) is 19.2. The Morgan fingerprint density at radius 2 is 1.77 bits per heavy atom. The summed E-state index contributed by atoms with van der Waals surface area (Å²) in [4.78, 5) is 14.9. The Morgan fingerprint density at radius 3 is 2.46 bits per heavy atom. The van der Waals surface area contributed by atoms with Crippen LogP contribution in [0.1, 0.15) is 15.9 Å². The Kier molecular flexibility index (Phi) is 7.38. The van der Waals surface area contributed by atoms with Crippen LogP contribution in [-0.4, -0.2) is 44.5 Å². The van der Waals surface area contributed by atoms with Crippen molar-refractivity contribution in [1.82, 2.24) is 5.32 Å². The minimum absolute atomic E-state index is 0.0213. The quantitative estimate of drug-likeness (QED) is 0.562. The molecule has 1 fully saturated rings. The number of quaternary nitrogens is 1. The zero-order valence-electron chi connectivity index (χ0n) is 14.7. The fraction of sp³-hybridized carbons (Fsp3) is 0.350. The number of halogens is 1. The minimum Gasteiger partial charge on any atom is -0.370 e. The van der Waals surface area contributed by atoms with E-state index in [0.717, 1.165) is 48.5 Å². The van der Waals surface area contributed by atoms with Crippen molar-refractivity contribution >= 4 is 29.3 Å². The minimum atomic E-state index is -0.0213. The molecule has 0 unspecified atom stereocenters. The van der Waals surface area contributed by atoms with Gasteiger partial charge in [-0.25, -0.2) is 0 Å². The number of carbonyl (C=O) groups excluding carboxylic acids is 1. The standard InChI is InChI=1S/C20H23ClN2O2S/c21-18-5-7-19(8-6-18)26-14-9-22-20(24)17-3-1-16(2-4-17)15-23-10-12-25-13-11-23/h1-8H,9-15H2,(H,22,24)/p+1. The maximum atomic E-state index is 12.2. The SMILES string of the molecule is O=C(NCCSc1ccc(Cl)cc1)c1ccc(C[NH+]2CCOCC2)cc1. The van der Waals surface area contributed by atoms with Crippen molar-refractivity contribution in [2.75, 3.05) is 38.6 Å². The van der Waals surface area contributed by atoms with E-state index >= 15 is 0 Å². The van der Waals surface area contributed by atoms with Gasteiger partial charge < -0.3 is 15.0 Å². The smallest absolute Gasteiger partial charge is 0.251 e. The molecule has 1 aliphatic rings. The van der Waals surface area contributed by atoms with Crippen molar-refractivity contribution in [3.05, 3.63) is 64.7 Å². The maximum Gasteiger partial charge on any atom is 0.251 e. The average Bonchev–Trinajstić information content (AvgIpc) is 2.68. The zero-order chi connectivity index (χ0) is 18.2. The molecule has 138 valence electrons. The van der Waals surface area contributed by atoms with Gasteiger partial charge in [0.05, 0.1) is 13.2 Å². The molecule has 1 aliphatic heterocycles. The highest BCUT2D eigenvalue weighted by molar-refractivity contribution is 7.99. The van der Waals surface area contributed by atoms with E-state index in [9.17, 15) is 4.79 Å². The van der Waals surface area contributed by atoms with Crippen LogP contribution in [0.4, 0.5) is 0 Å². The molecule has 2 aromatic rings. The third-order valence-electron chi connectivity index (χ3n) is 4.34. The molecule has 0 aromatic heterocycles. The van der Waals surface area contributed by atoms with Gasteiger partial charge in [-0.15, -0.1) is 11.8 Å². The molecule has 4 nitrogen and oxygen atoms in total. The number of carbonyl (C=O) groups is 1. The summed E-state index contributed by atoms with van der Waals surface area (Å²) in [6.07, 6.45) is 0. The second-order valence-electron chi connectivity index (χ2n) is 6.29. The molecule has 1 saturated heterocycles. The maximum absolute atomic E-state index is 12.2. The second-order valence-corrected chi connectivity index (χ2v) is 7.90.